The Morgan fingerprint density at radius 1 is 0.417 bits per heavy atom. The molecule has 0 aliphatic heterocycles. The van der Waals surface area contributed by atoms with E-state index >= 15 is 0 Å². The van der Waals surface area contributed by atoms with Gasteiger partial charge in [0.25, 0.3) is 0 Å². The number of rotatable bonds is 5. The van der Waals surface area contributed by atoms with Crippen molar-refractivity contribution in [3.63, 3.8) is 0 Å². The highest BCUT2D eigenvalue weighted by atomic mass is 15.1. The maximum absolute atomic E-state index is 2.71. The number of benzene rings is 10. The van der Waals surface area contributed by atoms with Crippen LogP contribution in [0.3, 0.4) is 0 Å². The number of hydrogen-bond acceptors (Lipinski definition) is 1. The van der Waals surface area contributed by atoms with Crippen LogP contribution in [0.2, 0.25) is 0 Å². The van der Waals surface area contributed by atoms with Gasteiger partial charge in [-0.15, -0.1) is 0 Å². The van der Waals surface area contributed by atoms with Crippen molar-refractivity contribution >= 4 is 49.6 Å². The van der Waals surface area contributed by atoms with Crippen LogP contribution < -0.4 is 4.90 Å². The van der Waals surface area contributed by atoms with Gasteiger partial charge in [-0.25, -0.2) is 0 Å². The minimum Gasteiger partial charge on any atom is -0.310 e. The normalized spacial score (nSPS) is 22.6. The molecule has 0 N–H and O–H groups in total. The fourth-order valence-electron chi connectivity index (χ4n) is 16.5. The van der Waals surface area contributed by atoms with Crippen LogP contribution >= 0.6 is 0 Å². The third-order valence-corrected chi connectivity index (χ3v) is 18.8. The molecule has 1 heterocycles. The summed E-state index contributed by atoms with van der Waals surface area (Å²) >= 11 is 0. The molecule has 2 nitrogen and oxygen atoms in total. The first-order valence-electron chi connectivity index (χ1n) is 26.4. The minimum absolute atomic E-state index is 0.0875. The third-order valence-electron chi connectivity index (χ3n) is 18.8. The van der Waals surface area contributed by atoms with Crippen LogP contribution in [0.5, 0.6) is 0 Å². The monoisotopic (exact) mass is 922 g/mol. The van der Waals surface area contributed by atoms with E-state index in [1.165, 1.54) is 126 Å². The Labute approximate surface area is 421 Å². The Bertz CT molecular complexity index is 3900. The highest BCUT2D eigenvalue weighted by molar-refractivity contribution is 6.09. The SMILES string of the molecule is CC12C[C@H]3C[C@H](C1)C1(c4ccccc4C4(c5ccccc5-c5ccccc54)c4ccc(N(c5ccc(-c6ccc(-n7c8ccccc8c8ccccc87)cc6)cc5)c5cccc6ccccc56)cc41)[C@@H](C3)C2. The van der Waals surface area contributed by atoms with Gasteiger partial charge in [0.15, 0.2) is 0 Å². The van der Waals surface area contributed by atoms with E-state index in [-0.39, 0.29) is 5.41 Å². The molecule has 2 unspecified atom stereocenters. The summed E-state index contributed by atoms with van der Waals surface area (Å²) in [6, 6.07) is 88.1. The molecule has 4 bridgehead atoms. The number of fused-ring (bicyclic) bond motifs is 13. The smallest absolute Gasteiger partial charge is 0.0719 e. The zero-order chi connectivity index (χ0) is 47.3. The van der Waals surface area contributed by atoms with E-state index in [1.54, 1.807) is 11.1 Å². The van der Waals surface area contributed by atoms with Gasteiger partial charge in [-0.2, -0.15) is 0 Å². The van der Waals surface area contributed by atoms with Crippen molar-refractivity contribution in [1.82, 2.24) is 4.57 Å². The first-order valence-corrected chi connectivity index (χ1v) is 26.4. The van der Waals surface area contributed by atoms with E-state index in [0.717, 1.165) is 11.6 Å². The molecule has 0 radical (unpaired) electrons. The van der Waals surface area contributed by atoms with Crippen LogP contribution in [0.15, 0.2) is 231 Å². The standard InChI is InChI=1S/C70H54N2/c1-68-42-45-39-49(43-68)69(50(40-45)44-68)61-24-10-11-25-62(61)70(59-22-8-4-18-55(59)56-19-5-9-23-60(56)70)63-38-37-53(41-64(63)69)71(65-28-14-16-48-15-2-3-17-54(48)65)51-33-29-46(30-34-51)47-31-35-52(36-32-47)72-66-26-12-6-20-57(66)58-21-7-13-27-67(58)72/h2-38,41,45,49-50H,39-40,42-44H2,1H3/t45-,49+,50-,68?,69?. The molecule has 344 valence electrons. The lowest BCUT2D eigenvalue weighted by atomic mass is 9.36. The van der Waals surface area contributed by atoms with Gasteiger partial charge in [0.2, 0.25) is 0 Å². The van der Waals surface area contributed by atoms with Gasteiger partial charge in [0.1, 0.15) is 0 Å². The Hall–Kier alpha value is -7.94. The lowest BCUT2D eigenvalue weighted by Crippen LogP contribution is -2.61. The van der Waals surface area contributed by atoms with Crippen LogP contribution in [0.25, 0.3) is 60.5 Å². The molecule has 6 aliphatic carbocycles. The van der Waals surface area contributed by atoms with Crippen molar-refractivity contribution in [3.8, 4) is 27.9 Å². The van der Waals surface area contributed by atoms with Gasteiger partial charge in [0.05, 0.1) is 22.1 Å². The molecule has 0 saturated heterocycles. The molecule has 4 fully saturated rings. The molecule has 5 atom stereocenters. The van der Waals surface area contributed by atoms with E-state index in [9.17, 15) is 0 Å². The van der Waals surface area contributed by atoms with Crippen LogP contribution in [-0.4, -0.2) is 4.57 Å². The van der Waals surface area contributed by atoms with E-state index < -0.39 is 5.41 Å². The molecule has 17 rings (SSSR count). The quantitative estimate of drug-likeness (QED) is 0.167. The van der Waals surface area contributed by atoms with Crippen LogP contribution in [0.1, 0.15) is 72.4 Å². The Morgan fingerprint density at radius 3 is 1.58 bits per heavy atom. The summed E-state index contributed by atoms with van der Waals surface area (Å²) in [5.41, 5.74) is 21.2. The van der Waals surface area contributed by atoms with E-state index in [2.05, 4.69) is 247 Å². The van der Waals surface area contributed by atoms with Gasteiger partial charge in [-0.05, 0) is 171 Å². The molecular weight excluding hydrogens is 869 g/mol. The van der Waals surface area contributed by atoms with Crippen molar-refractivity contribution in [2.45, 2.75) is 49.9 Å². The maximum atomic E-state index is 2.71. The molecule has 72 heavy (non-hydrogen) atoms. The van der Waals surface area contributed by atoms with Crippen LogP contribution in [0.4, 0.5) is 17.1 Å². The van der Waals surface area contributed by atoms with E-state index in [4.69, 9.17) is 0 Å². The Kier molecular flexibility index (Phi) is 8.38. The third kappa shape index (κ3) is 5.35. The molecular formula is C70H54N2. The minimum atomic E-state index is -0.426. The van der Waals surface area contributed by atoms with Crippen LogP contribution in [0, 0.1) is 23.2 Å². The Balaban J connectivity index is 0.894. The molecule has 1 aromatic heterocycles. The summed E-state index contributed by atoms with van der Waals surface area (Å²) in [5.74, 6) is 1.98. The summed E-state index contributed by atoms with van der Waals surface area (Å²) in [7, 11) is 0. The summed E-state index contributed by atoms with van der Waals surface area (Å²) in [6.45, 7) is 2.63. The molecule has 0 amide bonds. The largest absolute Gasteiger partial charge is 0.310 e. The second-order valence-corrected chi connectivity index (χ2v) is 22.4. The van der Waals surface area contributed by atoms with Crippen LogP contribution in [-0.2, 0) is 10.8 Å². The summed E-state index contributed by atoms with van der Waals surface area (Å²) in [4.78, 5) is 2.58. The molecule has 6 aliphatic rings. The number of nitrogens with zero attached hydrogens (tertiary/aromatic N) is 2. The lowest BCUT2D eigenvalue weighted by Gasteiger charge is -2.67. The summed E-state index contributed by atoms with van der Waals surface area (Å²) in [5, 5.41) is 5.06. The van der Waals surface area contributed by atoms with E-state index in [1.807, 2.05) is 0 Å². The predicted molar refractivity (Wildman–Crippen MR) is 298 cm³/mol. The molecule has 2 heteroatoms. The number of aromatic nitrogens is 1. The van der Waals surface area contributed by atoms with Gasteiger partial charge >= 0.3 is 0 Å². The predicted octanol–water partition coefficient (Wildman–Crippen LogP) is 17.9. The first kappa shape index (κ1) is 40.8. The zero-order valence-electron chi connectivity index (χ0n) is 40.6. The Morgan fingerprint density at radius 2 is 0.931 bits per heavy atom. The van der Waals surface area contributed by atoms with E-state index in [0.29, 0.717) is 17.3 Å². The average molecular weight is 923 g/mol. The van der Waals surface area contributed by atoms with Gasteiger partial charge in [0, 0.05) is 38.6 Å². The topological polar surface area (TPSA) is 8.17 Å². The average Bonchev–Trinajstić information content (AvgIpc) is 3.92. The fraction of sp³-hybridized carbons (Fsp3) is 0.171. The lowest BCUT2D eigenvalue weighted by molar-refractivity contribution is -0.0919. The fourth-order valence-corrected chi connectivity index (χ4v) is 16.5. The first-order chi connectivity index (χ1) is 35.5. The van der Waals surface area contributed by atoms with Crippen molar-refractivity contribution in [2.24, 2.45) is 23.2 Å². The summed E-state index contributed by atoms with van der Waals surface area (Å²) < 4.78 is 2.40. The molecule has 2 spiro atoms. The summed E-state index contributed by atoms with van der Waals surface area (Å²) in [6.07, 6.45) is 6.63. The molecule has 4 saturated carbocycles. The van der Waals surface area contributed by atoms with Crippen molar-refractivity contribution in [1.29, 1.82) is 0 Å². The second kappa shape index (κ2) is 14.8. The van der Waals surface area contributed by atoms with Gasteiger partial charge < -0.3 is 9.47 Å². The van der Waals surface area contributed by atoms with Gasteiger partial charge in [-0.1, -0.05) is 183 Å². The van der Waals surface area contributed by atoms with Crippen molar-refractivity contribution in [2.75, 3.05) is 4.90 Å². The number of para-hydroxylation sites is 2. The number of anilines is 3. The van der Waals surface area contributed by atoms with Crippen molar-refractivity contribution in [3.05, 3.63) is 264 Å². The molecule has 10 aromatic carbocycles. The highest BCUT2D eigenvalue weighted by Crippen LogP contribution is 2.74. The zero-order valence-corrected chi connectivity index (χ0v) is 40.6. The second-order valence-electron chi connectivity index (χ2n) is 22.4. The molecule has 11 aromatic rings. The maximum Gasteiger partial charge on any atom is 0.0719 e. The van der Waals surface area contributed by atoms with Gasteiger partial charge in [-0.3, -0.25) is 0 Å². The van der Waals surface area contributed by atoms with Crippen molar-refractivity contribution < 1.29 is 0 Å². The number of hydrogen-bond donors (Lipinski definition) is 0. The highest BCUT2D eigenvalue weighted by Gasteiger charge is 2.66.